The van der Waals surface area contributed by atoms with E-state index in [1.807, 2.05) is 6.07 Å². The molecule has 4 nitrogen and oxygen atoms in total. The largest absolute Gasteiger partial charge is 0.457 e. The van der Waals surface area contributed by atoms with Crippen LogP contribution in [-0.2, 0) is 0 Å². The number of carbonyl (C=O) groups excluding carboxylic acids is 1. The third kappa shape index (κ3) is 2.63. The molecule has 0 saturated heterocycles. The van der Waals surface area contributed by atoms with Gasteiger partial charge in [0, 0.05) is 4.47 Å². The van der Waals surface area contributed by atoms with Crippen LogP contribution in [0.1, 0.15) is 15.9 Å². The van der Waals surface area contributed by atoms with Crippen molar-refractivity contribution >= 4 is 43.5 Å². The Hall–Kier alpha value is -1.58. The maximum absolute atomic E-state index is 11.9. The molecule has 0 fully saturated rings. The van der Waals surface area contributed by atoms with Crippen LogP contribution >= 0.6 is 31.9 Å². The lowest BCUT2D eigenvalue weighted by Crippen LogP contribution is -2.12. The average molecular weight is 370 g/mol. The summed E-state index contributed by atoms with van der Waals surface area (Å²) < 4.78 is 6.12. The average Bonchev–Trinajstić information content (AvgIpc) is 2.77. The van der Waals surface area contributed by atoms with Gasteiger partial charge in [-0.2, -0.15) is 5.26 Å². The van der Waals surface area contributed by atoms with Crippen LogP contribution < -0.4 is 5.32 Å². The SMILES string of the molecule is N#Cc1cc(Br)ccc1NC(=O)c1ccoc1Br. The molecule has 0 atom stereocenters. The molecule has 0 aliphatic heterocycles. The molecule has 0 radical (unpaired) electrons. The first-order valence-electron chi connectivity index (χ1n) is 4.86. The standard InChI is InChI=1S/C12H6Br2N2O2/c13-8-1-2-10(7(5-8)6-15)16-12(17)9-3-4-18-11(9)14/h1-5H,(H,16,17). The van der Waals surface area contributed by atoms with E-state index in [1.165, 1.54) is 6.26 Å². The van der Waals surface area contributed by atoms with E-state index in [0.717, 1.165) is 4.47 Å². The Kier molecular flexibility index (Phi) is 3.84. The fraction of sp³-hybridized carbons (Fsp3) is 0. The molecule has 1 amide bonds. The highest BCUT2D eigenvalue weighted by Gasteiger charge is 2.14. The van der Waals surface area contributed by atoms with Crippen LogP contribution in [0.15, 0.2) is 44.1 Å². The fourth-order valence-electron chi connectivity index (χ4n) is 1.36. The van der Waals surface area contributed by atoms with Gasteiger partial charge in [0.05, 0.1) is 23.1 Å². The number of halogens is 2. The van der Waals surface area contributed by atoms with E-state index in [-0.39, 0.29) is 5.91 Å². The van der Waals surface area contributed by atoms with E-state index in [1.54, 1.807) is 24.3 Å². The Morgan fingerprint density at radius 3 is 2.72 bits per heavy atom. The lowest BCUT2D eigenvalue weighted by molar-refractivity contribution is 0.102. The summed E-state index contributed by atoms with van der Waals surface area (Å²) in [7, 11) is 0. The van der Waals surface area contributed by atoms with Gasteiger partial charge in [-0.25, -0.2) is 0 Å². The van der Waals surface area contributed by atoms with Crippen LogP contribution in [0.2, 0.25) is 0 Å². The molecule has 1 aromatic carbocycles. The lowest BCUT2D eigenvalue weighted by atomic mass is 10.2. The summed E-state index contributed by atoms with van der Waals surface area (Å²) in [4.78, 5) is 11.9. The van der Waals surface area contributed by atoms with E-state index in [9.17, 15) is 4.79 Å². The van der Waals surface area contributed by atoms with Crippen LogP contribution in [0.5, 0.6) is 0 Å². The number of benzene rings is 1. The quantitative estimate of drug-likeness (QED) is 0.872. The Bertz CT molecular complexity index is 644. The number of nitriles is 1. The Labute approximate surface area is 120 Å². The van der Waals surface area contributed by atoms with Crippen molar-refractivity contribution in [2.45, 2.75) is 0 Å². The minimum atomic E-state index is -0.338. The van der Waals surface area contributed by atoms with Crippen molar-refractivity contribution in [3.63, 3.8) is 0 Å². The monoisotopic (exact) mass is 368 g/mol. The molecule has 0 bridgehead atoms. The second kappa shape index (κ2) is 5.38. The molecule has 0 aliphatic carbocycles. The van der Waals surface area contributed by atoms with Crippen molar-refractivity contribution in [1.29, 1.82) is 5.26 Å². The predicted octanol–water partition coefficient (Wildman–Crippen LogP) is 3.93. The Morgan fingerprint density at radius 2 is 2.11 bits per heavy atom. The van der Waals surface area contributed by atoms with Crippen molar-refractivity contribution in [3.8, 4) is 6.07 Å². The lowest BCUT2D eigenvalue weighted by Gasteiger charge is -2.06. The molecular weight excluding hydrogens is 364 g/mol. The number of amides is 1. The fourth-order valence-corrected chi connectivity index (χ4v) is 2.14. The van der Waals surface area contributed by atoms with Gasteiger partial charge < -0.3 is 9.73 Å². The number of nitrogens with one attached hydrogen (secondary N) is 1. The van der Waals surface area contributed by atoms with E-state index < -0.39 is 0 Å². The molecule has 6 heteroatoms. The molecule has 1 heterocycles. The van der Waals surface area contributed by atoms with E-state index in [4.69, 9.17) is 9.68 Å². The van der Waals surface area contributed by atoms with Crippen LogP contribution in [0.3, 0.4) is 0 Å². The van der Waals surface area contributed by atoms with Gasteiger partial charge in [-0.1, -0.05) is 15.9 Å². The molecule has 1 aromatic heterocycles. The number of furan rings is 1. The molecule has 0 unspecified atom stereocenters. The predicted molar refractivity (Wildman–Crippen MR) is 73.2 cm³/mol. The zero-order valence-electron chi connectivity index (χ0n) is 8.91. The summed E-state index contributed by atoms with van der Waals surface area (Å²) in [5.74, 6) is -0.338. The molecule has 2 rings (SSSR count). The summed E-state index contributed by atoms with van der Waals surface area (Å²) in [5, 5.41) is 11.7. The molecule has 0 spiro atoms. The third-order valence-electron chi connectivity index (χ3n) is 2.21. The van der Waals surface area contributed by atoms with Gasteiger partial charge in [0.1, 0.15) is 6.07 Å². The molecule has 1 N–H and O–H groups in total. The second-order valence-corrected chi connectivity index (χ2v) is 5.00. The highest BCUT2D eigenvalue weighted by Crippen LogP contribution is 2.23. The highest BCUT2D eigenvalue weighted by atomic mass is 79.9. The molecule has 2 aromatic rings. The molecule has 0 saturated carbocycles. The zero-order chi connectivity index (χ0) is 13.1. The van der Waals surface area contributed by atoms with E-state index in [2.05, 4.69) is 37.2 Å². The van der Waals surface area contributed by atoms with Crippen molar-refractivity contribution < 1.29 is 9.21 Å². The molecular formula is C12H6Br2N2O2. The minimum absolute atomic E-state index is 0.338. The topological polar surface area (TPSA) is 66.0 Å². The van der Waals surface area contributed by atoms with Crippen molar-refractivity contribution in [2.24, 2.45) is 0 Å². The van der Waals surface area contributed by atoms with Gasteiger partial charge in [0.25, 0.3) is 5.91 Å². The summed E-state index contributed by atoms with van der Waals surface area (Å²) >= 11 is 6.39. The summed E-state index contributed by atoms with van der Waals surface area (Å²) in [6.07, 6.45) is 1.41. The van der Waals surface area contributed by atoms with Gasteiger partial charge in [-0.05, 0) is 40.2 Å². The van der Waals surface area contributed by atoms with Crippen molar-refractivity contribution in [2.75, 3.05) is 5.32 Å². The second-order valence-electron chi connectivity index (χ2n) is 3.36. The first-order chi connectivity index (χ1) is 8.61. The van der Waals surface area contributed by atoms with Crippen LogP contribution in [0.4, 0.5) is 5.69 Å². The van der Waals surface area contributed by atoms with Crippen LogP contribution in [0, 0.1) is 11.3 Å². The van der Waals surface area contributed by atoms with Crippen molar-refractivity contribution in [1.82, 2.24) is 0 Å². The summed E-state index contributed by atoms with van der Waals surface area (Å²) in [5.41, 5.74) is 1.22. The van der Waals surface area contributed by atoms with Crippen LogP contribution in [-0.4, -0.2) is 5.91 Å². The number of hydrogen-bond acceptors (Lipinski definition) is 3. The van der Waals surface area contributed by atoms with Crippen LogP contribution in [0.25, 0.3) is 0 Å². The van der Waals surface area contributed by atoms with Gasteiger partial charge in [0.15, 0.2) is 4.67 Å². The first-order valence-corrected chi connectivity index (χ1v) is 6.44. The van der Waals surface area contributed by atoms with Gasteiger partial charge in [-0.15, -0.1) is 0 Å². The van der Waals surface area contributed by atoms with Crippen molar-refractivity contribution in [3.05, 3.63) is 50.8 Å². The molecule has 90 valence electrons. The normalized spacial score (nSPS) is 9.83. The number of nitrogens with zero attached hydrogens (tertiary/aromatic N) is 1. The van der Waals surface area contributed by atoms with Gasteiger partial charge in [-0.3, -0.25) is 4.79 Å². The first kappa shape index (κ1) is 12.9. The third-order valence-corrected chi connectivity index (χ3v) is 3.32. The Balaban J connectivity index is 2.28. The maximum atomic E-state index is 11.9. The zero-order valence-corrected chi connectivity index (χ0v) is 12.1. The number of anilines is 1. The maximum Gasteiger partial charge on any atom is 0.260 e. The molecule has 18 heavy (non-hydrogen) atoms. The summed E-state index contributed by atoms with van der Waals surface area (Å²) in [6.45, 7) is 0. The molecule has 0 aliphatic rings. The summed E-state index contributed by atoms with van der Waals surface area (Å²) in [6, 6.07) is 8.62. The van der Waals surface area contributed by atoms with E-state index >= 15 is 0 Å². The number of hydrogen-bond donors (Lipinski definition) is 1. The smallest absolute Gasteiger partial charge is 0.260 e. The Morgan fingerprint density at radius 1 is 1.33 bits per heavy atom. The number of carbonyl (C=O) groups is 1. The van der Waals surface area contributed by atoms with Gasteiger partial charge in [0.2, 0.25) is 0 Å². The van der Waals surface area contributed by atoms with E-state index in [0.29, 0.717) is 21.5 Å². The highest BCUT2D eigenvalue weighted by molar-refractivity contribution is 9.10. The van der Waals surface area contributed by atoms with Gasteiger partial charge >= 0.3 is 0 Å². The number of rotatable bonds is 2. The minimum Gasteiger partial charge on any atom is -0.457 e.